The van der Waals surface area contributed by atoms with Crippen LogP contribution in [-0.4, -0.2) is 80.0 Å². The Hall–Kier alpha value is -3.54. The molecular formula is C28H36N4O10S2. The molecule has 44 heavy (non-hydrogen) atoms. The molecule has 0 saturated heterocycles. The first kappa shape index (κ1) is 34.9. The molecule has 0 saturated carbocycles. The fourth-order valence-electron chi connectivity index (χ4n) is 4.84. The number of nitro groups is 2. The Morgan fingerprint density at radius 3 is 1.68 bits per heavy atom. The Labute approximate surface area is 257 Å². The molecule has 3 rings (SSSR count). The highest BCUT2D eigenvalue weighted by Gasteiger charge is 2.39. The summed E-state index contributed by atoms with van der Waals surface area (Å²) in [7, 11) is -8.34. The van der Waals surface area contributed by atoms with Crippen LogP contribution in [0.25, 0.3) is 0 Å². The molecule has 0 unspecified atom stereocenters. The molecule has 0 aliphatic heterocycles. The molecule has 0 N–H and O–H groups in total. The predicted octanol–water partition coefficient (Wildman–Crippen LogP) is 4.25. The zero-order valence-corrected chi connectivity index (χ0v) is 26.1. The van der Waals surface area contributed by atoms with Gasteiger partial charge in [-0.2, -0.15) is 8.61 Å². The molecule has 0 bridgehead atoms. The molecule has 2 aromatic rings. The van der Waals surface area contributed by atoms with Crippen molar-refractivity contribution in [2.75, 3.05) is 26.3 Å². The normalized spacial score (nSPS) is 17.0. The van der Waals surface area contributed by atoms with Gasteiger partial charge in [-0.3, -0.25) is 20.2 Å². The summed E-state index contributed by atoms with van der Waals surface area (Å²) in [4.78, 5) is 20.6. The summed E-state index contributed by atoms with van der Waals surface area (Å²) in [6, 6.07) is 7.56. The first-order valence-electron chi connectivity index (χ1n) is 13.9. The third-order valence-corrected chi connectivity index (χ3v) is 10.8. The monoisotopic (exact) mass is 652 g/mol. The third-order valence-electron chi connectivity index (χ3n) is 6.92. The van der Waals surface area contributed by atoms with E-state index in [1.165, 1.54) is 22.5 Å². The lowest BCUT2D eigenvalue weighted by atomic mass is 10.2. The summed E-state index contributed by atoms with van der Waals surface area (Å²) < 4.78 is 68.6. The van der Waals surface area contributed by atoms with Gasteiger partial charge in [0.15, 0.2) is 6.29 Å². The molecule has 16 heteroatoms. The number of benzene rings is 2. The van der Waals surface area contributed by atoms with E-state index in [1.54, 1.807) is 12.2 Å². The van der Waals surface area contributed by atoms with Crippen LogP contribution >= 0.6 is 0 Å². The second kappa shape index (κ2) is 15.5. The number of ether oxygens (including phenoxy) is 2. The van der Waals surface area contributed by atoms with E-state index in [0.29, 0.717) is 26.1 Å². The molecule has 0 radical (unpaired) electrons. The van der Waals surface area contributed by atoms with Crippen molar-refractivity contribution in [3.63, 3.8) is 0 Å². The maximum atomic E-state index is 13.9. The topological polar surface area (TPSA) is 179 Å². The van der Waals surface area contributed by atoms with Crippen LogP contribution < -0.4 is 0 Å². The van der Waals surface area contributed by atoms with Crippen molar-refractivity contribution in [3.05, 3.63) is 93.6 Å². The van der Waals surface area contributed by atoms with Crippen LogP contribution in [0.4, 0.5) is 11.4 Å². The van der Waals surface area contributed by atoms with Crippen LogP contribution in [-0.2, 0) is 29.5 Å². The highest BCUT2D eigenvalue weighted by Crippen LogP contribution is 2.31. The van der Waals surface area contributed by atoms with Gasteiger partial charge in [0.25, 0.3) is 11.4 Å². The molecular weight excluding hydrogens is 616 g/mol. The van der Waals surface area contributed by atoms with E-state index in [1.807, 2.05) is 13.8 Å². The van der Waals surface area contributed by atoms with Gasteiger partial charge in [0.1, 0.15) is 0 Å². The molecule has 240 valence electrons. The van der Waals surface area contributed by atoms with Crippen LogP contribution in [0.15, 0.2) is 83.1 Å². The molecule has 2 aromatic carbocycles. The van der Waals surface area contributed by atoms with Gasteiger partial charge in [0, 0.05) is 62.7 Å². The number of hydrogen-bond donors (Lipinski definition) is 0. The minimum absolute atomic E-state index is 0.0360. The average Bonchev–Trinajstić information content (AvgIpc) is 3.47. The highest BCUT2D eigenvalue weighted by molar-refractivity contribution is 7.89. The maximum Gasteiger partial charge on any atom is 0.269 e. The van der Waals surface area contributed by atoms with Gasteiger partial charge in [-0.05, 0) is 57.4 Å². The summed E-state index contributed by atoms with van der Waals surface area (Å²) in [5.41, 5.74) is -0.521. The van der Waals surface area contributed by atoms with Crippen LogP contribution in [0, 0.1) is 20.2 Å². The molecule has 14 nitrogen and oxygen atoms in total. The molecule has 1 aliphatic rings. The van der Waals surface area contributed by atoms with E-state index in [4.69, 9.17) is 9.47 Å². The van der Waals surface area contributed by atoms with Gasteiger partial charge >= 0.3 is 0 Å². The zero-order chi connectivity index (χ0) is 32.5. The Balaban J connectivity index is 1.91. The van der Waals surface area contributed by atoms with Gasteiger partial charge in [0.2, 0.25) is 20.0 Å². The molecule has 0 heterocycles. The van der Waals surface area contributed by atoms with E-state index < -0.39 is 48.3 Å². The van der Waals surface area contributed by atoms with Gasteiger partial charge in [-0.1, -0.05) is 18.2 Å². The standard InChI is InChI=1S/C28H36N4O10S2/c1-4-19-29(43(37,38)26-15-11-22(12-16-26)31(33)34)24-9-10-25(21-24)30(20-7-8-28(41-5-2)42-6-3)44(39,40)27-17-13-23(14-18-27)32(35)36/h4,9-18,24-25,28H,1,5-8,19-21H2,2-3H3/t24-,25+/m1/s1. The van der Waals surface area contributed by atoms with E-state index in [9.17, 15) is 37.1 Å². The minimum atomic E-state index is -4.19. The lowest BCUT2D eigenvalue weighted by Crippen LogP contribution is -2.43. The number of non-ortho nitro benzene ring substituents is 2. The van der Waals surface area contributed by atoms with Gasteiger partial charge in [0.05, 0.1) is 19.6 Å². The molecule has 0 aromatic heterocycles. The number of nitrogens with zero attached hydrogens (tertiary/aromatic N) is 4. The Morgan fingerprint density at radius 2 is 1.27 bits per heavy atom. The molecule has 0 spiro atoms. The molecule has 0 amide bonds. The van der Waals surface area contributed by atoms with Crippen molar-refractivity contribution in [3.8, 4) is 0 Å². The molecule has 1 aliphatic carbocycles. The van der Waals surface area contributed by atoms with E-state index in [0.717, 1.165) is 40.7 Å². The first-order valence-corrected chi connectivity index (χ1v) is 16.8. The van der Waals surface area contributed by atoms with Crippen molar-refractivity contribution in [1.82, 2.24) is 8.61 Å². The van der Waals surface area contributed by atoms with E-state index in [-0.39, 0.29) is 40.7 Å². The van der Waals surface area contributed by atoms with Crippen molar-refractivity contribution in [1.29, 1.82) is 0 Å². The fraction of sp³-hybridized carbons (Fsp3) is 0.429. The van der Waals surface area contributed by atoms with Gasteiger partial charge in [-0.15, -0.1) is 6.58 Å². The summed E-state index contributed by atoms with van der Waals surface area (Å²) in [6.45, 7) is 8.05. The Bertz CT molecular complexity index is 1540. The summed E-state index contributed by atoms with van der Waals surface area (Å²) in [5, 5.41) is 22.2. The van der Waals surface area contributed by atoms with Crippen LogP contribution in [0.2, 0.25) is 0 Å². The van der Waals surface area contributed by atoms with Crippen molar-refractivity contribution in [2.24, 2.45) is 0 Å². The summed E-state index contributed by atoms with van der Waals surface area (Å²) in [6.07, 6.45) is 4.92. The molecule has 0 fully saturated rings. The van der Waals surface area contributed by atoms with Crippen molar-refractivity contribution in [2.45, 2.75) is 61.3 Å². The Morgan fingerprint density at radius 1 is 0.841 bits per heavy atom. The van der Waals surface area contributed by atoms with Gasteiger partial charge in [-0.25, -0.2) is 16.8 Å². The average molecular weight is 653 g/mol. The van der Waals surface area contributed by atoms with Crippen molar-refractivity contribution >= 4 is 31.4 Å². The lowest BCUT2D eigenvalue weighted by Gasteiger charge is -2.31. The lowest BCUT2D eigenvalue weighted by molar-refractivity contribution is -0.385. The second-order valence-corrected chi connectivity index (χ2v) is 13.5. The predicted molar refractivity (Wildman–Crippen MR) is 162 cm³/mol. The van der Waals surface area contributed by atoms with Crippen LogP contribution in [0.5, 0.6) is 0 Å². The SMILES string of the molecule is C=CCN([C@@H]1C=C[C@H](N(CCCC(OCC)OCC)S(=O)(=O)c2ccc([N+](=O)[O-])cc2)C1)S(=O)(=O)c1ccc([N+](=O)[O-])cc1. The number of rotatable bonds is 18. The minimum Gasteiger partial charge on any atom is -0.353 e. The molecule has 2 atom stereocenters. The smallest absolute Gasteiger partial charge is 0.269 e. The Kier molecular flexibility index (Phi) is 12.3. The highest BCUT2D eigenvalue weighted by atomic mass is 32.2. The van der Waals surface area contributed by atoms with Gasteiger partial charge < -0.3 is 9.47 Å². The van der Waals surface area contributed by atoms with E-state index >= 15 is 0 Å². The number of hydrogen-bond acceptors (Lipinski definition) is 10. The summed E-state index contributed by atoms with van der Waals surface area (Å²) in [5.74, 6) is 0. The quantitative estimate of drug-likeness (QED) is 0.0978. The second-order valence-electron chi connectivity index (χ2n) is 9.72. The first-order chi connectivity index (χ1) is 20.9. The van der Waals surface area contributed by atoms with Crippen molar-refractivity contribution < 1.29 is 36.2 Å². The number of sulfonamides is 2. The number of nitro benzene ring substituents is 2. The summed E-state index contributed by atoms with van der Waals surface area (Å²) >= 11 is 0. The van der Waals surface area contributed by atoms with Crippen LogP contribution in [0.3, 0.4) is 0 Å². The fourth-order valence-corrected chi connectivity index (χ4v) is 8.04. The van der Waals surface area contributed by atoms with Crippen LogP contribution in [0.1, 0.15) is 33.1 Å². The maximum absolute atomic E-state index is 13.9. The van der Waals surface area contributed by atoms with E-state index in [2.05, 4.69) is 6.58 Å². The third kappa shape index (κ3) is 8.34. The zero-order valence-electron chi connectivity index (χ0n) is 24.4. The largest absolute Gasteiger partial charge is 0.353 e.